The summed E-state index contributed by atoms with van der Waals surface area (Å²) in [4.78, 5) is 8.10. The third-order valence-corrected chi connectivity index (χ3v) is 6.98. The molecule has 1 aliphatic heterocycles. The Bertz CT molecular complexity index is 1350. The first-order valence-corrected chi connectivity index (χ1v) is 13.0. The Morgan fingerprint density at radius 2 is 1.87 bits per heavy atom. The number of nitrogens with one attached hydrogen (secondary N) is 1. The lowest BCUT2D eigenvalue weighted by Gasteiger charge is -2.24. The van der Waals surface area contributed by atoms with Crippen LogP contribution in [0.4, 0.5) is 18.9 Å². The summed E-state index contributed by atoms with van der Waals surface area (Å²) in [5, 5.41) is 1.11. The normalized spacial score (nSPS) is 14.5. The molecule has 3 aromatic rings. The fourth-order valence-corrected chi connectivity index (χ4v) is 4.38. The van der Waals surface area contributed by atoms with Crippen LogP contribution in [0.25, 0.3) is 10.9 Å². The number of ether oxygens (including phenoxy) is 4. The summed E-state index contributed by atoms with van der Waals surface area (Å²) in [6.07, 6.45) is -1.20. The molecule has 38 heavy (non-hydrogen) atoms. The molecule has 0 bridgehead atoms. The zero-order valence-corrected chi connectivity index (χ0v) is 22.0. The number of hydrogen-bond acceptors (Lipinski definition) is 9. The molecule has 3 N–H and O–H groups in total. The molecule has 1 fully saturated rings. The van der Waals surface area contributed by atoms with Crippen LogP contribution < -0.4 is 24.7 Å². The van der Waals surface area contributed by atoms with Crippen molar-refractivity contribution in [3.05, 3.63) is 41.8 Å². The summed E-state index contributed by atoms with van der Waals surface area (Å²) < 4.78 is 81.7. The number of benzene rings is 2. The number of sulfonamides is 1. The van der Waals surface area contributed by atoms with Crippen molar-refractivity contribution in [1.82, 2.24) is 14.7 Å². The minimum atomic E-state index is -4.48. The zero-order valence-electron chi connectivity index (χ0n) is 20.4. The summed E-state index contributed by atoms with van der Waals surface area (Å²) in [5.41, 5.74) is 5.95. The molecule has 208 valence electrons. The van der Waals surface area contributed by atoms with Gasteiger partial charge in [-0.05, 0) is 25.2 Å². The van der Waals surface area contributed by atoms with E-state index in [2.05, 4.69) is 19.4 Å². The first kappa shape index (κ1) is 29.5. The molecule has 4 rings (SSSR count). The second-order valence-electron chi connectivity index (χ2n) is 7.92. The summed E-state index contributed by atoms with van der Waals surface area (Å²) in [7, 11) is -0.867. The molecular weight excluding hydrogens is 553 g/mol. The highest BCUT2D eigenvalue weighted by Gasteiger charge is 2.29. The summed E-state index contributed by atoms with van der Waals surface area (Å²) in [6, 6.07) is 6.85. The van der Waals surface area contributed by atoms with Crippen LogP contribution in [0, 0.1) is 0 Å². The molecule has 0 amide bonds. The van der Waals surface area contributed by atoms with Gasteiger partial charge in [-0.2, -0.15) is 13.2 Å². The number of halogens is 4. The highest BCUT2D eigenvalue weighted by molar-refractivity contribution is 7.89. The maximum Gasteiger partial charge on any atom is 0.422 e. The number of fused-ring (bicyclic) bond motifs is 1. The SMILES string of the molecule is CNS(=O)(=O)c1ccc(OCC(F)(F)F)c(N)c1.COc1cc(OC2CCOCC2)c2c(Cl)ncnc2c1. The van der Waals surface area contributed by atoms with Crippen molar-refractivity contribution >= 4 is 38.2 Å². The molecule has 0 radical (unpaired) electrons. The molecule has 1 saturated heterocycles. The molecule has 2 heterocycles. The van der Waals surface area contributed by atoms with Gasteiger partial charge in [0.05, 0.1) is 41.8 Å². The van der Waals surface area contributed by atoms with Gasteiger partial charge >= 0.3 is 6.18 Å². The monoisotopic (exact) mass is 578 g/mol. The average Bonchev–Trinajstić information content (AvgIpc) is 2.88. The molecule has 2 aromatic carbocycles. The van der Waals surface area contributed by atoms with Gasteiger partial charge in [0.25, 0.3) is 0 Å². The van der Waals surface area contributed by atoms with Gasteiger partial charge in [0.1, 0.15) is 34.8 Å². The minimum absolute atomic E-state index is 0.121. The number of nitrogens with two attached hydrogens (primary N) is 1. The standard InChI is InChI=1S/C14H15ClN2O3.C9H11F3N2O3S/c1-18-10-6-11-13(14(15)17-8-16-11)12(7-10)20-9-2-4-19-5-3-9;1-14-18(15,16)6-2-3-8(7(13)4-6)17-5-9(10,11)12/h6-9H,2-5H2,1H3;2-4,14H,5,13H2,1H3. The van der Waals surface area contributed by atoms with Gasteiger partial charge in [0, 0.05) is 25.0 Å². The third kappa shape index (κ3) is 7.96. The number of nitrogens with zero attached hydrogens (tertiary/aromatic N) is 2. The van der Waals surface area contributed by atoms with E-state index in [1.807, 2.05) is 12.1 Å². The van der Waals surface area contributed by atoms with Crippen molar-refractivity contribution in [2.24, 2.45) is 0 Å². The number of methoxy groups -OCH3 is 1. The number of alkyl halides is 3. The van der Waals surface area contributed by atoms with E-state index in [4.69, 9.17) is 31.5 Å². The maximum absolute atomic E-state index is 11.9. The second-order valence-corrected chi connectivity index (χ2v) is 10.2. The smallest absolute Gasteiger partial charge is 0.422 e. The number of anilines is 1. The Balaban J connectivity index is 0.000000212. The van der Waals surface area contributed by atoms with Crippen LogP contribution in [-0.4, -0.2) is 64.6 Å². The lowest BCUT2D eigenvalue weighted by atomic mass is 10.1. The highest BCUT2D eigenvalue weighted by Crippen LogP contribution is 2.35. The highest BCUT2D eigenvalue weighted by atomic mass is 35.5. The second kappa shape index (κ2) is 12.7. The lowest BCUT2D eigenvalue weighted by Crippen LogP contribution is -2.26. The van der Waals surface area contributed by atoms with Gasteiger partial charge in [0.15, 0.2) is 6.61 Å². The van der Waals surface area contributed by atoms with Crippen LogP contribution in [0.1, 0.15) is 12.8 Å². The number of nitrogen functional groups attached to an aromatic ring is 1. The molecule has 0 spiro atoms. The van der Waals surface area contributed by atoms with E-state index in [9.17, 15) is 21.6 Å². The lowest BCUT2D eigenvalue weighted by molar-refractivity contribution is -0.153. The molecular formula is C23H26ClF3N4O6S. The zero-order chi connectivity index (χ0) is 27.9. The molecule has 10 nitrogen and oxygen atoms in total. The third-order valence-electron chi connectivity index (χ3n) is 5.28. The van der Waals surface area contributed by atoms with Gasteiger partial charge in [-0.1, -0.05) is 11.6 Å². The minimum Gasteiger partial charge on any atom is -0.497 e. The quantitative estimate of drug-likeness (QED) is 0.315. The predicted octanol–water partition coefficient (Wildman–Crippen LogP) is 3.97. The summed E-state index contributed by atoms with van der Waals surface area (Å²) in [5.74, 6) is 1.13. The predicted molar refractivity (Wildman–Crippen MR) is 134 cm³/mol. The van der Waals surface area contributed by atoms with Crippen LogP contribution >= 0.6 is 11.6 Å². The molecule has 0 atom stereocenters. The maximum atomic E-state index is 11.9. The Hall–Kier alpha value is -3.07. The van der Waals surface area contributed by atoms with Gasteiger partial charge in [-0.3, -0.25) is 0 Å². The van der Waals surface area contributed by atoms with Crippen molar-refractivity contribution in [1.29, 1.82) is 0 Å². The topological polar surface area (TPSA) is 135 Å². The van der Waals surface area contributed by atoms with Crippen molar-refractivity contribution < 1.29 is 40.5 Å². The fourth-order valence-electron chi connectivity index (χ4n) is 3.38. The van der Waals surface area contributed by atoms with Gasteiger partial charge < -0.3 is 24.7 Å². The number of aromatic nitrogens is 2. The van der Waals surface area contributed by atoms with Crippen molar-refractivity contribution in [3.8, 4) is 17.2 Å². The Morgan fingerprint density at radius 3 is 2.47 bits per heavy atom. The van der Waals surface area contributed by atoms with E-state index in [1.54, 1.807) is 7.11 Å². The average molecular weight is 579 g/mol. The molecule has 1 aromatic heterocycles. The Morgan fingerprint density at radius 1 is 1.16 bits per heavy atom. The first-order valence-electron chi connectivity index (χ1n) is 11.2. The van der Waals surface area contributed by atoms with Crippen molar-refractivity contribution in [2.45, 2.75) is 30.0 Å². The van der Waals surface area contributed by atoms with Gasteiger partial charge in [-0.25, -0.2) is 23.1 Å². The fraction of sp³-hybridized carbons (Fsp3) is 0.391. The van der Waals surface area contributed by atoms with Crippen LogP contribution in [-0.2, 0) is 14.8 Å². The molecule has 0 unspecified atom stereocenters. The summed E-state index contributed by atoms with van der Waals surface area (Å²) in [6.45, 7) is -0.0527. The van der Waals surface area contributed by atoms with Gasteiger partial charge in [0.2, 0.25) is 10.0 Å². The van der Waals surface area contributed by atoms with Crippen LogP contribution in [0.3, 0.4) is 0 Å². The van der Waals surface area contributed by atoms with Crippen LogP contribution in [0.15, 0.2) is 41.6 Å². The van der Waals surface area contributed by atoms with E-state index in [0.717, 1.165) is 49.6 Å². The molecule has 0 saturated carbocycles. The largest absolute Gasteiger partial charge is 0.497 e. The summed E-state index contributed by atoms with van der Waals surface area (Å²) >= 11 is 6.18. The number of hydrogen-bond donors (Lipinski definition) is 2. The van der Waals surface area contributed by atoms with E-state index in [0.29, 0.717) is 22.2 Å². The van der Waals surface area contributed by atoms with Crippen molar-refractivity contribution in [2.75, 3.05) is 39.7 Å². The van der Waals surface area contributed by atoms with E-state index < -0.39 is 22.8 Å². The van der Waals surface area contributed by atoms with E-state index in [1.165, 1.54) is 13.4 Å². The van der Waals surface area contributed by atoms with Crippen LogP contribution in [0.2, 0.25) is 5.15 Å². The van der Waals surface area contributed by atoms with Gasteiger partial charge in [-0.15, -0.1) is 0 Å². The first-order chi connectivity index (χ1) is 17.9. The molecule has 1 aliphatic rings. The molecule has 15 heteroatoms. The van der Waals surface area contributed by atoms with E-state index in [-0.39, 0.29) is 22.4 Å². The van der Waals surface area contributed by atoms with Crippen molar-refractivity contribution in [3.63, 3.8) is 0 Å². The molecule has 0 aliphatic carbocycles. The number of rotatable bonds is 7. The Labute approximate surface area is 222 Å². The van der Waals surface area contributed by atoms with Crippen LogP contribution in [0.5, 0.6) is 17.2 Å². The van der Waals surface area contributed by atoms with E-state index >= 15 is 0 Å². The Kier molecular flexibility index (Phi) is 9.82.